The number of hydrogen-bond donors (Lipinski definition) is 1. The van der Waals surface area contributed by atoms with Crippen LogP contribution in [0.5, 0.6) is 0 Å². The Morgan fingerprint density at radius 2 is 2.10 bits per heavy atom. The molecule has 2 N–H and O–H groups in total. The fourth-order valence-corrected chi connectivity index (χ4v) is 3.46. The SMILES string of the molecule is NCc1cc(C(=O)N2CCC(CN3CCCCC3)C2)co1. The van der Waals surface area contributed by atoms with Crippen LogP contribution in [0.1, 0.15) is 41.8 Å². The van der Waals surface area contributed by atoms with Crippen molar-refractivity contribution in [2.24, 2.45) is 11.7 Å². The van der Waals surface area contributed by atoms with Crippen LogP contribution in [-0.4, -0.2) is 48.4 Å². The minimum absolute atomic E-state index is 0.0830. The van der Waals surface area contributed by atoms with Gasteiger partial charge in [0.25, 0.3) is 5.91 Å². The normalized spacial score (nSPS) is 23.7. The third-order valence-electron chi connectivity index (χ3n) is 4.64. The molecule has 0 spiro atoms. The molecule has 0 radical (unpaired) electrons. The molecule has 5 nitrogen and oxygen atoms in total. The van der Waals surface area contributed by atoms with E-state index in [4.69, 9.17) is 10.2 Å². The molecule has 1 aromatic rings. The quantitative estimate of drug-likeness (QED) is 0.917. The van der Waals surface area contributed by atoms with Crippen LogP contribution in [-0.2, 0) is 6.54 Å². The van der Waals surface area contributed by atoms with E-state index in [0.717, 1.165) is 26.1 Å². The molecule has 0 aliphatic carbocycles. The number of rotatable bonds is 4. The third-order valence-corrected chi connectivity index (χ3v) is 4.64. The molecule has 3 rings (SSSR count). The molecule has 1 unspecified atom stereocenters. The molecule has 5 heteroatoms. The Hall–Kier alpha value is -1.33. The number of hydrogen-bond acceptors (Lipinski definition) is 4. The van der Waals surface area contributed by atoms with Gasteiger partial charge in [-0.2, -0.15) is 0 Å². The van der Waals surface area contributed by atoms with E-state index in [2.05, 4.69) is 4.90 Å². The number of nitrogens with two attached hydrogens (primary N) is 1. The maximum absolute atomic E-state index is 12.4. The van der Waals surface area contributed by atoms with E-state index in [1.165, 1.54) is 38.6 Å². The summed E-state index contributed by atoms with van der Waals surface area (Å²) >= 11 is 0. The van der Waals surface area contributed by atoms with E-state index in [0.29, 0.717) is 23.8 Å². The van der Waals surface area contributed by atoms with Crippen LogP contribution in [0.4, 0.5) is 0 Å². The maximum atomic E-state index is 12.4. The second-order valence-electron chi connectivity index (χ2n) is 6.27. The van der Waals surface area contributed by atoms with Gasteiger partial charge in [0.05, 0.1) is 12.1 Å². The predicted octanol–water partition coefficient (Wildman–Crippen LogP) is 1.69. The molecule has 1 atom stereocenters. The van der Waals surface area contributed by atoms with E-state index in [1.807, 2.05) is 4.90 Å². The number of piperidine rings is 1. The van der Waals surface area contributed by atoms with Crippen molar-refractivity contribution in [3.63, 3.8) is 0 Å². The Labute approximate surface area is 126 Å². The Bertz CT molecular complexity index is 480. The summed E-state index contributed by atoms with van der Waals surface area (Å²) in [5.74, 6) is 1.37. The van der Waals surface area contributed by atoms with Crippen molar-refractivity contribution in [3.05, 3.63) is 23.7 Å². The molecule has 116 valence electrons. The molecule has 3 heterocycles. The first-order valence-corrected chi connectivity index (χ1v) is 8.05. The van der Waals surface area contributed by atoms with Crippen LogP contribution in [0.25, 0.3) is 0 Å². The summed E-state index contributed by atoms with van der Waals surface area (Å²) in [7, 11) is 0. The molecule has 2 aliphatic heterocycles. The molecule has 0 bridgehead atoms. The van der Waals surface area contributed by atoms with Crippen molar-refractivity contribution in [2.75, 3.05) is 32.7 Å². The molecular weight excluding hydrogens is 266 g/mol. The van der Waals surface area contributed by atoms with E-state index >= 15 is 0 Å². The minimum atomic E-state index is 0.0830. The van der Waals surface area contributed by atoms with Gasteiger partial charge in [0, 0.05) is 19.6 Å². The van der Waals surface area contributed by atoms with Gasteiger partial charge in [-0.25, -0.2) is 0 Å². The van der Waals surface area contributed by atoms with Crippen LogP contribution in [0.3, 0.4) is 0 Å². The third kappa shape index (κ3) is 3.47. The molecule has 21 heavy (non-hydrogen) atoms. The topological polar surface area (TPSA) is 62.7 Å². The zero-order valence-electron chi connectivity index (χ0n) is 12.6. The lowest BCUT2D eigenvalue weighted by Crippen LogP contribution is -2.36. The van der Waals surface area contributed by atoms with Crippen molar-refractivity contribution in [1.82, 2.24) is 9.80 Å². The lowest BCUT2D eigenvalue weighted by Gasteiger charge is -2.28. The Balaban J connectivity index is 1.52. The van der Waals surface area contributed by atoms with Crippen molar-refractivity contribution in [3.8, 4) is 0 Å². The lowest BCUT2D eigenvalue weighted by atomic mass is 10.1. The van der Waals surface area contributed by atoms with Gasteiger partial charge < -0.3 is 20.0 Å². The summed E-state index contributed by atoms with van der Waals surface area (Å²) in [6.45, 7) is 5.67. The van der Waals surface area contributed by atoms with Gasteiger partial charge in [0.1, 0.15) is 12.0 Å². The van der Waals surface area contributed by atoms with E-state index < -0.39 is 0 Å². The molecule has 2 saturated heterocycles. The van der Waals surface area contributed by atoms with Crippen LogP contribution in [0, 0.1) is 5.92 Å². The summed E-state index contributed by atoms with van der Waals surface area (Å²) in [6, 6.07) is 1.76. The second-order valence-corrected chi connectivity index (χ2v) is 6.27. The number of likely N-dealkylation sites (tertiary alicyclic amines) is 2. The molecule has 2 fully saturated rings. The van der Waals surface area contributed by atoms with Gasteiger partial charge in [-0.3, -0.25) is 4.79 Å². The number of furan rings is 1. The largest absolute Gasteiger partial charge is 0.467 e. The molecular formula is C16H25N3O2. The summed E-state index contributed by atoms with van der Waals surface area (Å²) in [5, 5.41) is 0. The average Bonchev–Trinajstić information content (AvgIpc) is 3.16. The average molecular weight is 291 g/mol. The van der Waals surface area contributed by atoms with Gasteiger partial charge in [0.15, 0.2) is 0 Å². The van der Waals surface area contributed by atoms with Crippen molar-refractivity contribution >= 4 is 5.91 Å². The Morgan fingerprint density at radius 1 is 1.29 bits per heavy atom. The van der Waals surface area contributed by atoms with Crippen molar-refractivity contribution in [2.45, 2.75) is 32.2 Å². The zero-order chi connectivity index (χ0) is 14.7. The van der Waals surface area contributed by atoms with Crippen LogP contribution < -0.4 is 5.73 Å². The maximum Gasteiger partial charge on any atom is 0.257 e. The predicted molar refractivity (Wildman–Crippen MR) is 80.9 cm³/mol. The first-order valence-electron chi connectivity index (χ1n) is 8.05. The smallest absolute Gasteiger partial charge is 0.257 e. The first-order chi connectivity index (χ1) is 10.3. The highest BCUT2D eigenvalue weighted by Gasteiger charge is 2.29. The fraction of sp³-hybridized carbons (Fsp3) is 0.688. The van der Waals surface area contributed by atoms with Crippen LogP contribution in [0.2, 0.25) is 0 Å². The standard InChI is InChI=1S/C16H25N3O2/c17-9-15-8-14(12-21-15)16(20)19-7-4-13(11-19)10-18-5-2-1-3-6-18/h8,12-13H,1-7,9-11,17H2. The number of carbonyl (C=O) groups is 1. The van der Waals surface area contributed by atoms with Crippen molar-refractivity contribution < 1.29 is 9.21 Å². The summed E-state index contributed by atoms with van der Waals surface area (Å²) in [6.07, 6.45) is 6.67. The highest BCUT2D eigenvalue weighted by Crippen LogP contribution is 2.22. The van der Waals surface area contributed by atoms with Crippen molar-refractivity contribution in [1.29, 1.82) is 0 Å². The summed E-state index contributed by atoms with van der Waals surface area (Å²) < 4.78 is 5.26. The zero-order valence-corrected chi connectivity index (χ0v) is 12.6. The second kappa shape index (κ2) is 6.62. The van der Waals surface area contributed by atoms with Gasteiger partial charge in [-0.1, -0.05) is 6.42 Å². The first kappa shape index (κ1) is 14.6. The van der Waals surface area contributed by atoms with Gasteiger partial charge in [-0.15, -0.1) is 0 Å². The number of amides is 1. The lowest BCUT2D eigenvalue weighted by molar-refractivity contribution is 0.0781. The molecule has 0 aromatic carbocycles. The molecule has 1 amide bonds. The van der Waals surface area contributed by atoms with Crippen LogP contribution in [0.15, 0.2) is 16.7 Å². The summed E-state index contributed by atoms with van der Waals surface area (Å²) in [5.41, 5.74) is 6.15. The fourth-order valence-electron chi connectivity index (χ4n) is 3.46. The minimum Gasteiger partial charge on any atom is -0.467 e. The van der Waals surface area contributed by atoms with Crippen LogP contribution >= 0.6 is 0 Å². The Morgan fingerprint density at radius 3 is 2.81 bits per heavy atom. The summed E-state index contributed by atoms with van der Waals surface area (Å²) in [4.78, 5) is 16.9. The van der Waals surface area contributed by atoms with Gasteiger partial charge in [0.2, 0.25) is 0 Å². The molecule has 2 aliphatic rings. The highest BCUT2D eigenvalue weighted by atomic mass is 16.3. The molecule has 1 aromatic heterocycles. The van der Waals surface area contributed by atoms with Gasteiger partial charge in [-0.05, 0) is 44.3 Å². The Kier molecular flexibility index (Phi) is 4.60. The highest BCUT2D eigenvalue weighted by molar-refractivity contribution is 5.94. The molecule has 0 saturated carbocycles. The van der Waals surface area contributed by atoms with E-state index in [9.17, 15) is 4.79 Å². The number of nitrogens with zero attached hydrogens (tertiary/aromatic N) is 2. The number of carbonyl (C=O) groups excluding carboxylic acids is 1. The van der Waals surface area contributed by atoms with E-state index in [1.54, 1.807) is 6.07 Å². The van der Waals surface area contributed by atoms with Gasteiger partial charge >= 0.3 is 0 Å². The monoisotopic (exact) mass is 291 g/mol. The van der Waals surface area contributed by atoms with E-state index in [-0.39, 0.29) is 5.91 Å².